The van der Waals surface area contributed by atoms with Crippen LogP contribution in [0.5, 0.6) is 0 Å². The first-order valence-corrected chi connectivity index (χ1v) is 12.6. The molecule has 35 heavy (non-hydrogen) atoms. The molecular formula is C25H24ClN5O3S. The van der Waals surface area contributed by atoms with E-state index in [0.29, 0.717) is 41.8 Å². The van der Waals surface area contributed by atoms with Gasteiger partial charge in [0.2, 0.25) is 0 Å². The van der Waals surface area contributed by atoms with E-state index in [1.165, 1.54) is 11.3 Å². The summed E-state index contributed by atoms with van der Waals surface area (Å²) in [6.45, 7) is 3.77. The lowest BCUT2D eigenvalue weighted by molar-refractivity contribution is 0.0341. The van der Waals surface area contributed by atoms with Gasteiger partial charge >= 0.3 is 0 Å². The maximum Gasteiger partial charge on any atom is 0.255 e. The molecule has 0 atom stereocenters. The van der Waals surface area contributed by atoms with E-state index in [1.54, 1.807) is 39.7 Å². The zero-order valence-corrected chi connectivity index (χ0v) is 20.5. The summed E-state index contributed by atoms with van der Waals surface area (Å²) in [5, 5.41) is 8.64. The summed E-state index contributed by atoms with van der Waals surface area (Å²) in [6.07, 6.45) is 4.46. The van der Waals surface area contributed by atoms with Gasteiger partial charge in [-0.25, -0.2) is 4.68 Å². The van der Waals surface area contributed by atoms with Gasteiger partial charge in [-0.1, -0.05) is 22.9 Å². The maximum atomic E-state index is 12.4. The summed E-state index contributed by atoms with van der Waals surface area (Å²) in [6, 6.07) is 14.5. The molecule has 0 bridgehead atoms. The van der Waals surface area contributed by atoms with Gasteiger partial charge in [0.25, 0.3) is 5.56 Å². The third kappa shape index (κ3) is 5.59. The minimum absolute atomic E-state index is 0.0436. The van der Waals surface area contributed by atoms with Gasteiger partial charge in [0.1, 0.15) is 0 Å². The van der Waals surface area contributed by atoms with E-state index in [4.69, 9.17) is 16.3 Å². The summed E-state index contributed by atoms with van der Waals surface area (Å²) in [5.41, 5.74) is 3.36. The molecule has 0 unspecified atom stereocenters. The zero-order valence-electron chi connectivity index (χ0n) is 19.0. The van der Waals surface area contributed by atoms with Crippen LogP contribution in [0.3, 0.4) is 0 Å². The van der Waals surface area contributed by atoms with Crippen LogP contribution in [-0.4, -0.2) is 56.5 Å². The molecule has 5 rings (SSSR count). The number of thiophene rings is 1. The number of aromatic nitrogens is 4. The van der Waals surface area contributed by atoms with E-state index in [2.05, 4.69) is 15.2 Å². The summed E-state index contributed by atoms with van der Waals surface area (Å²) in [4.78, 5) is 27.8. The van der Waals surface area contributed by atoms with Crippen molar-refractivity contribution in [1.29, 1.82) is 0 Å². The van der Waals surface area contributed by atoms with Crippen LogP contribution in [0.15, 0.2) is 65.7 Å². The van der Waals surface area contributed by atoms with Crippen molar-refractivity contribution in [2.45, 2.75) is 19.4 Å². The van der Waals surface area contributed by atoms with Crippen molar-refractivity contribution < 1.29 is 9.53 Å². The summed E-state index contributed by atoms with van der Waals surface area (Å²) in [5.74, 6) is 0.0436. The maximum absolute atomic E-state index is 12.4. The van der Waals surface area contributed by atoms with Gasteiger partial charge in [-0.2, -0.15) is 0 Å². The number of benzene rings is 1. The van der Waals surface area contributed by atoms with Crippen LogP contribution < -0.4 is 5.56 Å². The van der Waals surface area contributed by atoms with Gasteiger partial charge in [-0.3, -0.25) is 19.1 Å². The molecule has 4 heterocycles. The van der Waals surface area contributed by atoms with Crippen LogP contribution in [0.2, 0.25) is 4.34 Å². The molecule has 0 N–H and O–H groups in total. The number of aryl methyl sites for hydroxylation is 1. The molecule has 180 valence electrons. The number of morpholine rings is 1. The van der Waals surface area contributed by atoms with E-state index >= 15 is 0 Å². The van der Waals surface area contributed by atoms with Crippen LogP contribution in [-0.2, 0) is 17.7 Å². The Morgan fingerprint density at radius 2 is 1.97 bits per heavy atom. The number of hydrogen-bond donors (Lipinski definition) is 0. The Morgan fingerprint density at radius 3 is 2.74 bits per heavy atom. The Labute approximate surface area is 211 Å². The molecule has 0 radical (unpaired) electrons. The Balaban J connectivity index is 1.40. The molecule has 3 aromatic heterocycles. The largest absolute Gasteiger partial charge is 0.379 e. The van der Waals surface area contributed by atoms with Crippen LogP contribution in [0.4, 0.5) is 0 Å². The number of ketones is 1. The standard InChI is InChI=1S/C25H24ClN5O3S/c26-24-9-8-23(35-24)22(32)7-4-19-17-31(28-27-19)21-6-5-20(30-10-2-1-3-25(30)33)15-18(21)16-29-11-13-34-14-12-29/h1-3,5-6,8-10,15,17H,4,7,11-14,16H2. The van der Waals surface area contributed by atoms with Crippen LogP contribution >= 0.6 is 22.9 Å². The SMILES string of the molecule is O=C(CCc1cn(-c2ccc(-n3ccccc3=O)cc2CN2CCOCC2)nn1)c1ccc(Cl)s1. The van der Waals surface area contributed by atoms with Gasteiger partial charge in [-0.15, -0.1) is 16.4 Å². The van der Waals surface area contributed by atoms with Crippen LogP contribution in [0, 0.1) is 0 Å². The average molecular weight is 510 g/mol. The first kappa shape index (κ1) is 23.6. The van der Waals surface area contributed by atoms with Gasteiger partial charge < -0.3 is 4.74 Å². The quantitative estimate of drug-likeness (QED) is 0.336. The number of carbonyl (C=O) groups is 1. The zero-order chi connectivity index (χ0) is 24.2. The Hall–Kier alpha value is -3.11. The number of halogens is 1. The number of rotatable bonds is 8. The van der Waals surface area contributed by atoms with E-state index in [9.17, 15) is 9.59 Å². The van der Waals surface area contributed by atoms with Crippen molar-refractivity contribution in [3.63, 3.8) is 0 Å². The number of carbonyl (C=O) groups excluding carboxylic acids is 1. The summed E-state index contributed by atoms with van der Waals surface area (Å²) in [7, 11) is 0. The summed E-state index contributed by atoms with van der Waals surface area (Å²) >= 11 is 7.24. The fraction of sp³-hybridized carbons (Fsp3) is 0.280. The molecule has 0 saturated carbocycles. The fourth-order valence-electron chi connectivity index (χ4n) is 4.07. The fourth-order valence-corrected chi connectivity index (χ4v) is 5.08. The van der Waals surface area contributed by atoms with Gasteiger partial charge in [0.15, 0.2) is 5.78 Å². The first-order chi connectivity index (χ1) is 17.1. The number of pyridine rings is 1. The molecule has 1 fully saturated rings. The second-order valence-electron chi connectivity index (χ2n) is 8.29. The van der Waals surface area contributed by atoms with Gasteiger partial charge in [0.05, 0.1) is 40.0 Å². The molecule has 0 aliphatic carbocycles. The normalized spacial score (nSPS) is 14.3. The first-order valence-electron chi connectivity index (χ1n) is 11.4. The molecule has 1 saturated heterocycles. The highest BCUT2D eigenvalue weighted by Crippen LogP contribution is 2.24. The van der Waals surface area contributed by atoms with Crippen molar-refractivity contribution in [3.8, 4) is 11.4 Å². The number of hydrogen-bond acceptors (Lipinski definition) is 7. The smallest absolute Gasteiger partial charge is 0.255 e. The van der Waals surface area contributed by atoms with E-state index in [0.717, 1.165) is 35.7 Å². The lowest BCUT2D eigenvalue weighted by Crippen LogP contribution is -2.36. The second kappa shape index (κ2) is 10.7. The molecule has 0 amide bonds. The average Bonchev–Trinajstić information content (AvgIpc) is 3.53. The van der Waals surface area contributed by atoms with Crippen molar-refractivity contribution in [2.75, 3.05) is 26.3 Å². The summed E-state index contributed by atoms with van der Waals surface area (Å²) < 4.78 is 9.47. The highest BCUT2D eigenvalue weighted by Gasteiger charge is 2.17. The second-order valence-corrected chi connectivity index (χ2v) is 10.0. The van der Waals surface area contributed by atoms with Gasteiger partial charge in [-0.05, 0) is 42.0 Å². The molecule has 1 aliphatic heterocycles. The van der Waals surface area contributed by atoms with E-state index in [-0.39, 0.29) is 11.3 Å². The highest BCUT2D eigenvalue weighted by molar-refractivity contribution is 7.18. The molecule has 4 aromatic rings. The molecule has 1 aliphatic rings. The number of Topliss-reactive ketones (excluding diaryl/α,β-unsaturated/α-hetero) is 1. The lowest BCUT2D eigenvalue weighted by atomic mass is 10.1. The lowest BCUT2D eigenvalue weighted by Gasteiger charge is -2.27. The Morgan fingerprint density at radius 1 is 1.11 bits per heavy atom. The minimum Gasteiger partial charge on any atom is -0.379 e. The topological polar surface area (TPSA) is 82.2 Å². The molecule has 0 spiro atoms. The van der Waals surface area contributed by atoms with Crippen LogP contribution in [0.1, 0.15) is 27.3 Å². The third-order valence-electron chi connectivity index (χ3n) is 5.91. The Bertz CT molecular complexity index is 1390. The number of ether oxygens (including phenoxy) is 1. The molecular weight excluding hydrogens is 486 g/mol. The van der Waals surface area contributed by atoms with Crippen LogP contribution in [0.25, 0.3) is 11.4 Å². The van der Waals surface area contributed by atoms with E-state index in [1.807, 2.05) is 30.5 Å². The third-order valence-corrected chi connectivity index (χ3v) is 7.18. The van der Waals surface area contributed by atoms with Crippen molar-refractivity contribution in [2.24, 2.45) is 0 Å². The molecule has 8 nitrogen and oxygen atoms in total. The molecule has 10 heteroatoms. The predicted octanol–water partition coefficient (Wildman–Crippen LogP) is 3.78. The monoisotopic (exact) mass is 509 g/mol. The predicted molar refractivity (Wildman–Crippen MR) is 135 cm³/mol. The van der Waals surface area contributed by atoms with E-state index < -0.39 is 0 Å². The number of nitrogens with zero attached hydrogens (tertiary/aromatic N) is 5. The molecule has 1 aromatic carbocycles. The van der Waals surface area contributed by atoms with Crippen molar-refractivity contribution in [1.82, 2.24) is 24.5 Å². The van der Waals surface area contributed by atoms with Crippen molar-refractivity contribution in [3.05, 3.63) is 91.7 Å². The van der Waals surface area contributed by atoms with Gasteiger partial charge in [0, 0.05) is 50.4 Å². The Kier molecular flexibility index (Phi) is 7.19. The highest BCUT2D eigenvalue weighted by atomic mass is 35.5. The van der Waals surface area contributed by atoms with Crippen molar-refractivity contribution >= 4 is 28.7 Å². The minimum atomic E-state index is -0.0858.